The Morgan fingerprint density at radius 1 is 0.968 bits per heavy atom. The maximum Gasteiger partial charge on any atom is 0.408 e. The Kier molecular flexibility index (Phi) is 12.3. The fraction of sp³-hybridized carbons (Fsp3) is 0.681. The maximum absolute atomic E-state index is 15.1. The van der Waals surface area contributed by atoms with Crippen molar-refractivity contribution in [1.29, 1.82) is 0 Å². The van der Waals surface area contributed by atoms with Crippen LogP contribution in [-0.4, -0.2) is 126 Å². The third-order valence-electron chi connectivity index (χ3n) is 15.3. The third-order valence-corrected chi connectivity index (χ3v) is 17.5. The van der Waals surface area contributed by atoms with Crippen molar-refractivity contribution >= 4 is 44.7 Å². The summed E-state index contributed by atoms with van der Waals surface area (Å²) in [5.74, 6) is -1.68. The molecular weight excluding hydrogens is 823 g/mol. The molecule has 1 aromatic heterocycles. The zero-order chi connectivity index (χ0) is 44.1. The second-order valence-electron chi connectivity index (χ2n) is 19.9. The summed E-state index contributed by atoms with van der Waals surface area (Å²) in [6.07, 6.45) is 11.0. The molecule has 2 saturated heterocycles. The molecule has 4 heterocycles. The highest BCUT2D eigenvalue weighted by Gasteiger charge is 2.63. The molecule has 0 radical (unpaired) electrons. The number of carbonyl (C=O) groups is 4. The Morgan fingerprint density at radius 3 is 2.40 bits per heavy atom. The molecule has 7 aliphatic rings. The Morgan fingerprint density at radius 2 is 1.68 bits per heavy atom. The van der Waals surface area contributed by atoms with Crippen LogP contribution in [0.15, 0.2) is 36.9 Å². The summed E-state index contributed by atoms with van der Waals surface area (Å²) in [6.45, 7) is 10.1. The quantitative estimate of drug-likeness (QED) is 0.301. The molecule has 0 spiro atoms. The molecule has 7 atom stereocenters. The van der Waals surface area contributed by atoms with Gasteiger partial charge in [0.15, 0.2) is 0 Å². The summed E-state index contributed by atoms with van der Waals surface area (Å²) in [4.78, 5) is 68.9. The first-order valence-electron chi connectivity index (χ1n) is 23.5. The Labute approximate surface area is 371 Å². The van der Waals surface area contributed by atoms with Gasteiger partial charge in [-0.05, 0) is 95.2 Å². The van der Waals surface area contributed by atoms with Gasteiger partial charge in [-0.1, -0.05) is 56.4 Å². The summed E-state index contributed by atoms with van der Waals surface area (Å²) < 4.78 is 40.6. The van der Waals surface area contributed by atoms with E-state index in [2.05, 4.69) is 50.9 Å². The van der Waals surface area contributed by atoms with Crippen LogP contribution in [0.3, 0.4) is 0 Å². The summed E-state index contributed by atoms with van der Waals surface area (Å²) >= 11 is 0. The Bertz CT molecular complexity index is 2220. The van der Waals surface area contributed by atoms with Crippen molar-refractivity contribution in [3.8, 4) is 5.88 Å². The van der Waals surface area contributed by atoms with Crippen LogP contribution in [0, 0.1) is 17.8 Å². The smallest absolute Gasteiger partial charge is 0.408 e. The van der Waals surface area contributed by atoms with Crippen molar-refractivity contribution in [2.75, 3.05) is 39.8 Å². The maximum atomic E-state index is 15.1. The first-order valence-corrected chi connectivity index (χ1v) is 25.0. The average Bonchev–Trinajstić information content (AvgIpc) is 4.23. The van der Waals surface area contributed by atoms with Crippen LogP contribution in [0.1, 0.15) is 108 Å². The number of ether oxygens (including phenoxy) is 2. The molecule has 3 N–H and O–H groups in total. The molecule has 0 unspecified atom stereocenters. The number of piperazine rings is 1. The normalized spacial score (nSPS) is 31.8. The fourth-order valence-corrected chi connectivity index (χ4v) is 11.9. The molecule has 2 aromatic rings. The van der Waals surface area contributed by atoms with Crippen LogP contribution in [-0.2, 0) is 42.1 Å². The second-order valence-corrected chi connectivity index (χ2v) is 22.1. The Hall–Kier alpha value is -4.28. The largest absolute Gasteiger partial charge is 0.472 e. The first kappa shape index (κ1) is 43.9. The van der Waals surface area contributed by atoms with Crippen molar-refractivity contribution in [2.24, 2.45) is 17.8 Å². The number of aromatic nitrogens is 1. The van der Waals surface area contributed by atoms with Gasteiger partial charge in [0.25, 0.3) is 5.91 Å². The van der Waals surface area contributed by atoms with Crippen LogP contribution in [0.25, 0.3) is 10.9 Å². The van der Waals surface area contributed by atoms with E-state index >= 15 is 4.79 Å². The summed E-state index contributed by atoms with van der Waals surface area (Å²) in [5, 5.41) is 6.99. The Balaban J connectivity index is 1.07. The van der Waals surface area contributed by atoms with Crippen LogP contribution in [0.4, 0.5) is 4.79 Å². The zero-order valence-electron chi connectivity index (χ0n) is 36.9. The van der Waals surface area contributed by atoms with Gasteiger partial charge < -0.3 is 29.9 Å². The summed E-state index contributed by atoms with van der Waals surface area (Å²) in [5.41, 5.74) is 1.51. The standard InChI is InChI=1S/C47H65N7O8S/c1-4-32-27-47(32,44(57)51-63(59,60)46(2)19-20-46)50-41(55)38-26-33-28-54(38)43(56)40(30-13-7-5-8-14-30)49-45(58)62-39-25-31(39)15-9-6-10-17-35-36(29-53-23-21-52(3)22-24-53)34-16-11-12-18-37(34)48-42(35)61-33/h4,11-12,16,18,30-33,38-40H,1,5-10,13-15,17,19-29H2,2-3H3,(H,49,58)(H,50,55)(H,51,57)/t31-,32+,33-,38+,39-,40+,47-/m1/s1. The number of likely N-dealkylation sites (N-methyl/N-ethyl adjacent to an activating group) is 1. The van der Waals surface area contributed by atoms with Crippen LogP contribution < -0.4 is 20.1 Å². The number of carbonyl (C=O) groups excluding carboxylic acids is 4. The number of fused-ring (bicyclic) bond motifs is 5. The van der Waals surface area contributed by atoms with E-state index in [-0.39, 0.29) is 37.3 Å². The molecule has 4 aliphatic carbocycles. The lowest BCUT2D eigenvalue weighted by Crippen LogP contribution is -2.59. The number of benzene rings is 1. The number of rotatable bonds is 9. The molecule has 15 nitrogen and oxygen atoms in total. The van der Waals surface area contributed by atoms with Crippen molar-refractivity contribution < 1.29 is 37.1 Å². The fourth-order valence-electron chi connectivity index (χ4n) is 10.6. The minimum absolute atomic E-state index is 0.0418. The van der Waals surface area contributed by atoms with E-state index in [1.165, 1.54) is 10.5 Å². The van der Waals surface area contributed by atoms with Crippen LogP contribution >= 0.6 is 0 Å². The monoisotopic (exact) mass is 887 g/mol. The lowest BCUT2D eigenvalue weighted by atomic mass is 9.83. The first-order chi connectivity index (χ1) is 30.3. The molecule has 3 aliphatic heterocycles. The van der Waals surface area contributed by atoms with Crippen molar-refractivity contribution in [2.45, 2.75) is 144 Å². The molecular formula is C47H65N7O8S. The number of hydrogen-bond acceptors (Lipinski definition) is 11. The van der Waals surface area contributed by atoms with Crippen molar-refractivity contribution in [3.05, 3.63) is 48.0 Å². The molecule has 63 heavy (non-hydrogen) atoms. The molecule has 4 amide bonds. The summed E-state index contributed by atoms with van der Waals surface area (Å²) in [6, 6.07) is 6.14. The van der Waals surface area contributed by atoms with Gasteiger partial charge in [-0.25, -0.2) is 18.2 Å². The lowest BCUT2D eigenvalue weighted by Gasteiger charge is -2.34. The predicted octanol–water partition coefficient (Wildman–Crippen LogP) is 4.57. The van der Waals surface area contributed by atoms with E-state index in [0.29, 0.717) is 18.7 Å². The van der Waals surface area contributed by atoms with Gasteiger partial charge in [0.05, 0.1) is 16.8 Å². The SMILES string of the molecule is C=C[C@H]1C[C@]1(NC(=O)[C@@H]1C[C@@H]2CN1C(=O)[C@H](C1CCCCC1)NC(=O)O[C@@H]1C[C@H]1CCCCCc1c(nc3ccccc3c1CN1CCN(C)CC1)O2)C(=O)NS(=O)(=O)C1(C)CC1. The van der Waals surface area contributed by atoms with Gasteiger partial charge in [0.1, 0.15) is 29.8 Å². The number of sulfonamides is 1. The second kappa shape index (κ2) is 17.6. The van der Waals surface area contributed by atoms with Gasteiger partial charge in [-0.3, -0.25) is 24.0 Å². The van der Waals surface area contributed by atoms with Crippen LogP contribution in [0.2, 0.25) is 0 Å². The number of para-hydroxylation sites is 1. The molecule has 2 bridgehead atoms. The number of amides is 4. The highest BCUT2D eigenvalue weighted by Crippen LogP contribution is 2.47. The van der Waals surface area contributed by atoms with Crippen molar-refractivity contribution in [1.82, 2.24) is 35.0 Å². The highest BCUT2D eigenvalue weighted by molar-refractivity contribution is 7.91. The zero-order valence-corrected chi connectivity index (χ0v) is 37.8. The minimum atomic E-state index is -4.00. The van der Waals surface area contributed by atoms with Crippen molar-refractivity contribution in [3.63, 3.8) is 0 Å². The summed E-state index contributed by atoms with van der Waals surface area (Å²) in [7, 11) is -1.84. The molecule has 6 fully saturated rings. The van der Waals surface area contributed by atoms with E-state index in [0.717, 1.165) is 120 Å². The van der Waals surface area contributed by atoms with E-state index in [9.17, 15) is 22.8 Å². The van der Waals surface area contributed by atoms with Gasteiger partial charge >= 0.3 is 6.09 Å². The topological polar surface area (TPSA) is 180 Å². The van der Waals surface area contributed by atoms with Gasteiger partial charge in [-0.15, -0.1) is 6.58 Å². The van der Waals surface area contributed by atoms with E-state index in [4.69, 9.17) is 14.5 Å². The molecule has 4 saturated carbocycles. The van der Waals surface area contributed by atoms with E-state index < -0.39 is 68.2 Å². The third kappa shape index (κ3) is 9.18. The number of nitrogens with one attached hydrogen (secondary N) is 3. The number of hydrogen-bond donors (Lipinski definition) is 3. The van der Waals surface area contributed by atoms with Crippen LogP contribution in [0.5, 0.6) is 5.88 Å². The molecule has 1 aromatic carbocycles. The molecule has 16 heteroatoms. The average molecular weight is 888 g/mol. The van der Waals surface area contributed by atoms with Gasteiger partial charge in [0.2, 0.25) is 27.7 Å². The number of pyridine rings is 1. The molecule has 342 valence electrons. The molecule has 9 rings (SSSR count). The van der Waals surface area contributed by atoms with Gasteiger partial charge in [-0.2, -0.15) is 0 Å². The predicted molar refractivity (Wildman–Crippen MR) is 237 cm³/mol. The van der Waals surface area contributed by atoms with Gasteiger partial charge in [0, 0.05) is 56.0 Å². The van der Waals surface area contributed by atoms with E-state index in [1.54, 1.807) is 13.0 Å². The lowest BCUT2D eigenvalue weighted by molar-refractivity contribution is -0.142. The highest BCUT2D eigenvalue weighted by atomic mass is 32.2. The minimum Gasteiger partial charge on any atom is -0.472 e. The van der Waals surface area contributed by atoms with E-state index in [1.807, 2.05) is 12.1 Å². The number of alkyl carbamates (subject to hydrolysis) is 1. The number of nitrogens with zero attached hydrogens (tertiary/aromatic N) is 4.